The summed E-state index contributed by atoms with van der Waals surface area (Å²) in [6, 6.07) is 6.10. The molecule has 0 aliphatic heterocycles. The topological polar surface area (TPSA) is 81.5 Å². The zero-order chi connectivity index (χ0) is 13.8. The molecule has 1 N–H and O–H groups in total. The van der Waals surface area contributed by atoms with Crippen LogP contribution in [0.4, 0.5) is 0 Å². The predicted octanol–water partition coefficient (Wildman–Crippen LogP) is 2.28. The van der Waals surface area contributed by atoms with Crippen molar-refractivity contribution in [3.05, 3.63) is 41.9 Å². The van der Waals surface area contributed by atoms with Gasteiger partial charge in [-0.2, -0.15) is 4.98 Å². The molecule has 98 valence electrons. The zero-order valence-electron chi connectivity index (χ0n) is 10.5. The van der Waals surface area contributed by atoms with Crippen molar-refractivity contribution in [3.63, 3.8) is 0 Å². The Morgan fingerprint density at radius 2 is 2.11 bits per heavy atom. The maximum atomic E-state index is 11.2. The molecule has 0 saturated heterocycles. The van der Waals surface area contributed by atoms with Gasteiger partial charge in [-0.3, -0.25) is 0 Å². The van der Waals surface area contributed by atoms with Crippen LogP contribution < -0.4 is 9.47 Å². The van der Waals surface area contributed by atoms with E-state index in [9.17, 15) is 4.79 Å². The third-order valence-corrected chi connectivity index (χ3v) is 2.38. The van der Waals surface area contributed by atoms with Crippen molar-refractivity contribution in [2.45, 2.75) is 6.92 Å². The number of aryl methyl sites for hydroxylation is 1. The number of hydrogen-bond donors (Lipinski definition) is 1. The third kappa shape index (κ3) is 2.98. The second kappa shape index (κ2) is 5.34. The normalized spacial score (nSPS) is 10.0. The lowest BCUT2D eigenvalue weighted by molar-refractivity contribution is 0.0693. The molecule has 0 saturated carbocycles. The molecule has 1 aromatic heterocycles. The summed E-state index contributed by atoms with van der Waals surface area (Å²) in [6.45, 7) is 1.72. The summed E-state index contributed by atoms with van der Waals surface area (Å²) in [5.41, 5.74) is 0.00983. The number of carbonyl (C=O) groups is 1. The molecule has 0 bridgehead atoms. The summed E-state index contributed by atoms with van der Waals surface area (Å²) in [5.74, 6) is 0.387. The Balaban J connectivity index is 2.36. The first kappa shape index (κ1) is 12.8. The molecule has 0 aliphatic carbocycles. The monoisotopic (exact) mass is 260 g/mol. The molecule has 0 spiro atoms. The van der Waals surface area contributed by atoms with Gasteiger partial charge in [0, 0.05) is 12.3 Å². The summed E-state index contributed by atoms with van der Waals surface area (Å²) in [7, 11) is 1.47. The number of carboxylic acid groups (broad SMARTS) is 1. The molecular formula is C13H12N2O4. The number of nitrogens with zero attached hydrogens (tertiary/aromatic N) is 2. The van der Waals surface area contributed by atoms with Crippen LogP contribution in [0, 0.1) is 6.92 Å². The van der Waals surface area contributed by atoms with Gasteiger partial charge in [0.25, 0.3) is 0 Å². The van der Waals surface area contributed by atoms with E-state index >= 15 is 0 Å². The molecule has 1 heterocycles. The lowest BCUT2D eigenvalue weighted by atomic mass is 10.2. The quantitative estimate of drug-likeness (QED) is 0.908. The molecule has 0 amide bonds. The van der Waals surface area contributed by atoms with E-state index in [2.05, 4.69) is 9.97 Å². The molecule has 0 radical (unpaired) electrons. The summed E-state index contributed by atoms with van der Waals surface area (Å²) >= 11 is 0. The number of methoxy groups -OCH3 is 1. The van der Waals surface area contributed by atoms with Crippen LogP contribution in [-0.4, -0.2) is 28.2 Å². The first-order valence-corrected chi connectivity index (χ1v) is 5.49. The van der Waals surface area contributed by atoms with Crippen molar-refractivity contribution >= 4 is 5.97 Å². The van der Waals surface area contributed by atoms with Crippen LogP contribution >= 0.6 is 0 Å². The highest BCUT2D eigenvalue weighted by Crippen LogP contribution is 2.27. The highest BCUT2D eigenvalue weighted by atomic mass is 16.5. The fourth-order valence-corrected chi connectivity index (χ4v) is 1.50. The van der Waals surface area contributed by atoms with E-state index < -0.39 is 5.97 Å². The molecule has 0 aliphatic rings. The summed E-state index contributed by atoms with van der Waals surface area (Å²) in [4.78, 5) is 19.2. The third-order valence-electron chi connectivity index (χ3n) is 2.38. The Bertz CT molecular complexity index is 613. The van der Waals surface area contributed by atoms with Crippen LogP contribution in [0.1, 0.15) is 16.2 Å². The van der Waals surface area contributed by atoms with E-state index in [1.807, 2.05) is 0 Å². The van der Waals surface area contributed by atoms with Crippen molar-refractivity contribution in [2.24, 2.45) is 0 Å². The number of carboxylic acids is 1. The largest absolute Gasteiger partial charge is 0.497 e. The number of aromatic nitrogens is 2. The van der Waals surface area contributed by atoms with Gasteiger partial charge < -0.3 is 14.6 Å². The van der Waals surface area contributed by atoms with Crippen molar-refractivity contribution < 1.29 is 19.4 Å². The van der Waals surface area contributed by atoms with Crippen LogP contribution in [0.25, 0.3) is 0 Å². The second-order valence-corrected chi connectivity index (χ2v) is 3.71. The zero-order valence-corrected chi connectivity index (χ0v) is 10.5. The number of rotatable bonds is 4. The molecule has 0 unspecified atom stereocenters. The van der Waals surface area contributed by atoms with Crippen molar-refractivity contribution in [1.82, 2.24) is 9.97 Å². The summed E-state index contributed by atoms with van der Waals surface area (Å²) in [6.07, 6.45) is 1.54. The molecule has 6 heteroatoms. The van der Waals surface area contributed by atoms with Gasteiger partial charge >= 0.3 is 5.97 Å². The Morgan fingerprint density at radius 3 is 2.74 bits per heavy atom. The van der Waals surface area contributed by atoms with Crippen molar-refractivity contribution in [3.8, 4) is 17.4 Å². The Kier molecular flexibility index (Phi) is 3.61. The van der Waals surface area contributed by atoms with E-state index in [0.29, 0.717) is 17.5 Å². The second-order valence-electron chi connectivity index (χ2n) is 3.71. The molecule has 0 atom stereocenters. The Hall–Kier alpha value is -2.63. The average molecular weight is 260 g/mol. The van der Waals surface area contributed by atoms with Crippen molar-refractivity contribution in [1.29, 1.82) is 0 Å². The maximum absolute atomic E-state index is 11.2. The van der Waals surface area contributed by atoms with E-state index in [1.165, 1.54) is 19.2 Å². The molecular weight excluding hydrogens is 248 g/mol. The molecule has 2 aromatic rings. The highest BCUT2D eigenvalue weighted by molar-refractivity contribution is 5.91. The van der Waals surface area contributed by atoms with Crippen molar-refractivity contribution in [2.75, 3.05) is 7.11 Å². The van der Waals surface area contributed by atoms with Gasteiger partial charge in [0.05, 0.1) is 7.11 Å². The van der Waals surface area contributed by atoms with Gasteiger partial charge in [-0.15, -0.1) is 0 Å². The standard InChI is InChI=1S/C13H12N2O4/c1-8-14-6-5-12(15-8)19-11-4-3-9(18-2)7-10(11)13(16)17/h3-7H,1-2H3,(H,16,17). The van der Waals surface area contributed by atoms with Crippen LogP contribution in [0.3, 0.4) is 0 Å². The van der Waals surface area contributed by atoms with E-state index in [4.69, 9.17) is 14.6 Å². The highest BCUT2D eigenvalue weighted by Gasteiger charge is 2.14. The lowest BCUT2D eigenvalue weighted by Crippen LogP contribution is -2.02. The van der Waals surface area contributed by atoms with Gasteiger partial charge in [0.1, 0.15) is 22.9 Å². The lowest BCUT2D eigenvalue weighted by Gasteiger charge is -2.09. The fraction of sp³-hybridized carbons (Fsp3) is 0.154. The number of benzene rings is 1. The van der Waals surface area contributed by atoms with Gasteiger partial charge in [0.2, 0.25) is 5.88 Å². The number of ether oxygens (including phenoxy) is 2. The minimum Gasteiger partial charge on any atom is -0.497 e. The smallest absolute Gasteiger partial charge is 0.339 e. The maximum Gasteiger partial charge on any atom is 0.339 e. The van der Waals surface area contributed by atoms with Crippen LogP contribution in [0.15, 0.2) is 30.5 Å². The Morgan fingerprint density at radius 1 is 1.32 bits per heavy atom. The molecule has 6 nitrogen and oxygen atoms in total. The first-order chi connectivity index (χ1) is 9.10. The van der Waals surface area contributed by atoms with Gasteiger partial charge in [-0.25, -0.2) is 9.78 Å². The predicted molar refractivity (Wildman–Crippen MR) is 66.8 cm³/mol. The van der Waals surface area contributed by atoms with Crippen LogP contribution in [-0.2, 0) is 0 Å². The fourth-order valence-electron chi connectivity index (χ4n) is 1.50. The molecule has 2 rings (SSSR count). The number of aromatic carboxylic acids is 1. The minimum atomic E-state index is -1.10. The average Bonchev–Trinajstić information content (AvgIpc) is 2.39. The number of hydrogen-bond acceptors (Lipinski definition) is 5. The van der Waals surface area contributed by atoms with E-state index in [-0.39, 0.29) is 11.3 Å². The summed E-state index contributed by atoms with van der Waals surface area (Å²) < 4.78 is 10.4. The van der Waals surface area contributed by atoms with Crippen LogP contribution in [0.5, 0.6) is 17.4 Å². The van der Waals surface area contributed by atoms with Gasteiger partial charge in [0.15, 0.2) is 0 Å². The van der Waals surface area contributed by atoms with Crippen LogP contribution in [0.2, 0.25) is 0 Å². The Labute approximate surface area is 109 Å². The minimum absolute atomic E-state index is 0.00983. The van der Waals surface area contributed by atoms with Gasteiger partial charge in [-0.1, -0.05) is 0 Å². The van der Waals surface area contributed by atoms with Gasteiger partial charge in [-0.05, 0) is 25.1 Å². The molecule has 0 fully saturated rings. The molecule has 1 aromatic carbocycles. The summed E-state index contributed by atoms with van der Waals surface area (Å²) in [5, 5.41) is 9.15. The first-order valence-electron chi connectivity index (χ1n) is 5.49. The van der Waals surface area contributed by atoms with E-state index in [1.54, 1.807) is 25.3 Å². The molecule has 19 heavy (non-hydrogen) atoms. The SMILES string of the molecule is COc1ccc(Oc2ccnc(C)n2)c(C(=O)O)c1. The van der Waals surface area contributed by atoms with E-state index in [0.717, 1.165) is 0 Å².